The quantitative estimate of drug-likeness (QED) is 0.185. The maximum absolute atomic E-state index is 5.60. The standard InChI is InChI=1S/C48H28N4S/c1-2-14-32(15-3-1)51-38-20-10-8-18-35(38)37-28-31(24-25-39(37)51)46-45-36-19-9-11-21-42(36)53-47(45)50-48(49-46)52-40-26-22-29-12-4-6-16-33(29)43(40)44-34-17-7-5-13-30(34)23-27-41(44)52/h1-28H. The summed E-state index contributed by atoms with van der Waals surface area (Å²) in [6, 6.07) is 61.1. The molecule has 4 heterocycles. The first-order valence-corrected chi connectivity index (χ1v) is 18.7. The molecule has 0 bridgehead atoms. The molecule has 0 saturated heterocycles. The minimum absolute atomic E-state index is 0.677. The van der Waals surface area contributed by atoms with Crippen molar-refractivity contribution in [2.24, 2.45) is 0 Å². The monoisotopic (exact) mass is 692 g/mol. The molecule has 0 amide bonds. The van der Waals surface area contributed by atoms with E-state index in [2.05, 4.69) is 179 Å². The SMILES string of the molecule is c1ccc(-n2c3ccccc3c3cc(-c4nc(-n5c6ccc7ccccc7c6c6c7ccccc7ccc65)nc5sc6ccccc6c45)ccc32)cc1. The third kappa shape index (κ3) is 4.05. The van der Waals surface area contributed by atoms with Crippen LogP contribution in [-0.4, -0.2) is 19.1 Å². The molecule has 0 fully saturated rings. The van der Waals surface area contributed by atoms with Crippen molar-refractivity contribution in [3.05, 3.63) is 170 Å². The van der Waals surface area contributed by atoms with Gasteiger partial charge in [0.1, 0.15) is 4.83 Å². The summed E-state index contributed by atoms with van der Waals surface area (Å²) >= 11 is 1.74. The molecule has 0 N–H and O–H groups in total. The first-order valence-electron chi connectivity index (χ1n) is 17.9. The number of thiophene rings is 1. The van der Waals surface area contributed by atoms with Crippen LogP contribution in [0, 0.1) is 0 Å². The number of nitrogens with zero attached hydrogens (tertiary/aromatic N) is 4. The van der Waals surface area contributed by atoms with E-state index in [-0.39, 0.29) is 0 Å². The predicted octanol–water partition coefficient (Wildman–Crippen LogP) is 13.0. The van der Waals surface area contributed by atoms with Crippen LogP contribution >= 0.6 is 11.3 Å². The van der Waals surface area contributed by atoms with E-state index in [1.807, 2.05) is 0 Å². The summed E-state index contributed by atoms with van der Waals surface area (Å²) in [6.45, 7) is 0. The average Bonchev–Trinajstić information content (AvgIpc) is 3.88. The van der Waals surface area contributed by atoms with Crippen molar-refractivity contribution in [2.45, 2.75) is 0 Å². The van der Waals surface area contributed by atoms with Gasteiger partial charge in [-0.2, -0.15) is 0 Å². The van der Waals surface area contributed by atoms with E-state index in [0.717, 1.165) is 38.2 Å². The Morgan fingerprint density at radius 2 is 0.981 bits per heavy atom. The van der Waals surface area contributed by atoms with Crippen LogP contribution in [0.3, 0.4) is 0 Å². The lowest BCUT2D eigenvalue weighted by Gasteiger charge is -2.11. The van der Waals surface area contributed by atoms with Crippen molar-refractivity contribution in [3.63, 3.8) is 0 Å². The summed E-state index contributed by atoms with van der Waals surface area (Å²) in [5.41, 5.74) is 7.71. The number of rotatable bonds is 3. The van der Waals surface area contributed by atoms with Crippen LogP contribution in [0.1, 0.15) is 0 Å². The van der Waals surface area contributed by atoms with E-state index < -0.39 is 0 Å². The van der Waals surface area contributed by atoms with E-state index in [1.54, 1.807) is 11.3 Å². The van der Waals surface area contributed by atoms with Crippen LogP contribution in [0.2, 0.25) is 0 Å². The fourth-order valence-electron chi connectivity index (χ4n) is 8.66. The van der Waals surface area contributed by atoms with E-state index in [1.165, 1.54) is 64.2 Å². The summed E-state index contributed by atoms with van der Waals surface area (Å²) in [7, 11) is 0. The molecule has 4 aromatic heterocycles. The van der Waals surface area contributed by atoms with Crippen molar-refractivity contribution in [3.8, 4) is 22.9 Å². The van der Waals surface area contributed by atoms with Gasteiger partial charge in [-0.15, -0.1) is 11.3 Å². The zero-order chi connectivity index (χ0) is 34.6. The molecule has 0 spiro atoms. The highest BCUT2D eigenvalue weighted by atomic mass is 32.1. The molecule has 4 nitrogen and oxygen atoms in total. The number of aromatic nitrogens is 4. The normalized spacial score (nSPS) is 12.2. The highest BCUT2D eigenvalue weighted by molar-refractivity contribution is 7.25. The van der Waals surface area contributed by atoms with Gasteiger partial charge in [0.2, 0.25) is 5.95 Å². The maximum atomic E-state index is 5.60. The molecule has 0 atom stereocenters. The van der Waals surface area contributed by atoms with Gasteiger partial charge >= 0.3 is 0 Å². The number of hydrogen-bond donors (Lipinski definition) is 0. The summed E-state index contributed by atoms with van der Waals surface area (Å²) in [6.07, 6.45) is 0. The molecule has 0 unspecified atom stereocenters. The third-order valence-electron chi connectivity index (χ3n) is 10.9. The minimum atomic E-state index is 0.677. The van der Waals surface area contributed by atoms with Crippen LogP contribution in [0.15, 0.2) is 170 Å². The van der Waals surface area contributed by atoms with Crippen LogP contribution in [0.5, 0.6) is 0 Å². The smallest absolute Gasteiger partial charge is 0.236 e. The van der Waals surface area contributed by atoms with Gasteiger partial charge in [-0.25, -0.2) is 9.97 Å². The summed E-state index contributed by atoms with van der Waals surface area (Å²) < 4.78 is 5.86. The molecule has 12 rings (SSSR count). The van der Waals surface area contributed by atoms with Crippen LogP contribution < -0.4 is 0 Å². The highest BCUT2D eigenvalue weighted by Crippen LogP contribution is 2.44. The van der Waals surface area contributed by atoms with Crippen molar-refractivity contribution >= 4 is 96.8 Å². The Bertz CT molecular complexity index is 3370. The van der Waals surface area contributed by atoms with Gasteiger partial charge in [0, 0.05) is 48.3 Å². The van der Waals surface area contributed by atoms with Gasteiger partial charge in [0.15, 0.2) is 0 Å². The molecule has 8 aromatic carbocycles. The summed E-state index contributed by atoms with van der Waals surface area (Å²) in [5.74, 6) is 0.677. The molecule has 53 heavy (non-hydrogen) atoms. The summed E-state index contributed by atoms with van der Waals surface area (Å²) in [4.78, 5) is 12.0. The molecule has 0 aliphatic rings. The molecule has 246 valence electrons. The number of para-hydroxylation sites is 2. The Balaban J connectivity index is 1.20. The minimum Gasteiger partial charge on any atom is -0.309 e. The highest BCUT2D eigenvalue weighted by Gasteiger charge is 2.23. The predicted molar refractivity (Wildman–Crippen MR) is 224 cm³/mol. The van der Waals surface area contributed by atoms with Crippen molar-refractivity contribution < 1.29 is 0 Å². The molecule has 0 radical (unpaired) electrons. The number of fused-ring (bicyclic) bond motifs is 13. The zero-order valence-corrected chi connectivity index (χ0v) is 29.2. The fourth-order valence-corrected chi connectivity index (χ4v) is 9.73. The Hall–Kier alpha value is -6.82. The second-order valence-electron chi connectivity index (χ2n) is 13.8. The first kappa shape index (κ1) is 28.8. The maximum Gasteiger partial charge on any atom is 0.236 e. The molecular weight excluding hydrogens is 665 g/mol. The van der Waals surface area contributed by atoms with E-state index in [4.69, 9.17) is 9.97 Å². The number of benzene rings is 8. The van der Waals surface area contributed by atoms with Gasteiger partial charge in [-0.1, -0.05) is 121 Å². The Labute approximate surface area is 307 Å². The van der Waals surface area contributed by atoms with Gasteiger partial charge < -0.3 is 4.57 Å². The average molecular weight is 693 g/mol. The van der Waals surface area contributed by atoms with Gasteiger partial charge in [-0.05, 0) is 70.1 Å². The van der Waals surface area contributed by atoms with E-state index in [0.29, 0.717) is 5.95 Å². The van der Waals surface area contributed by atoms with Gasteiger partial charge in [0.05, 0.1) is 27.8 Å². The van der Waals surface area contributed by atoms with Crippen molar-refractivity contribution in [2.75, 3.05) is 0 Å². The fraction of sp³-hybridized carbons (Fsp3) is 0. The lowest BCUT2D eigenvalue weighted by atomic mass is 10.00. The summed E-state index contributed by atoms with van der Waals surface area (Å²) in [5, 5.41) is 12.0. The van der Waals surface area contributed by atoms with Crippen molar-refractivity contribution in [1.82, 2.24) is 19.1 Å². The Kier molecular flexibility index (Phi) is 5.90. The Morgan fingerprint density at radius 1 is 0.396 bits per heavy atom. The third-order valence-corrected chi connectivity index (χ3v) is 12.0. The van der Waals surface area contributed by atoms with Crippen LogP contribution in [0.4, 0.5) is 0 Å². The van der Waals surface area contributed by atoms with Gasteiger partial charge in [-0.3, -0.25) is 4.57 Å². The molecular formula is C48H28N4S. The second-order valence-corrected chi connectivity index (χ2v) is 14.8. The topological polar surface area (TPSA) is 35.6 Å². The van der Waals surface area contributed by atoms with Gasteiger partial charge in [0.25, 0.3) is 0 Å². The van der Waals surface area contributed by atoms with E-state index >= 15 is 0 Å². The van der Waals surface area contributed by atoms with Crippen LogP contribution in [-0.2, 0) is 0 Å². The largest absolute Gasteiger partial charge is 0.309 e. The van der Waals surface area contributed by atoms with Crippen molar-refractivity contribution in [1.29, 1.82) is 0 Å². The number of hydrogen-bond acceptors (Lipinski definition) is 3. The Morgan fingerprint density at radius 3 is 1.72 bits per heavy atom. The molecule has 5 heteroatoms. The molecule has 0 saturated carbocycles. The van der Waals surface area contributed by atoms with E-state index in [9.17, 15) is 0 Å². The molecule has 0 aliphatic heterocycles. The zero-order valence-electron chi connectivity index (χ0n) is 28.4. The van der Waals surface area contributed by atoms with Crippen LogP contribution in [0.25, 0.3) is 108 Å². The first-order chi connectivity index (χ1) is 26.3. The lowest BCUT2D eigenvalue weighted by Crippen LogP contribution is -2.02. The second kappa shape index (κ2) is 10.8. The molecule has 12 aromatic rings. The molecule has 0 aliphatic carbocycles. The lowest BCUT2D eigenvalue weighted by molar-refractivity contribution is 1.02.